The fraction of sp³-hybridized carbons (Fsp3) is 0.250. The molecule has 1 saturated heterocycles. The van der Waals surface area contributed by atoms with Crippen LogP contribution in [0, 0.1) is 5.82 Å². The van der Waals surface area contributed by atoms with E-state index in [9.17, 15) is 9.18 Å². The molecule has 3 heterocycles. The summed E-state index contributed by atoms with van der Waals surface area (Å²) in [5.74, 6) is -0.451. The summed E-state index contributed by atoms with van der Waals surface area (Å²) in [6.07, 6.45) is 6.18. The molecule has 1 fully saturated rings. The van der Waals surface area contributed by atoms with Crippen molar-refractivity contribution in [1.29, 1.82) is 0 Å². The minimum atomic E-state index is -0.347. The standard InChI is InChI=1S/C20H19FN4O/c21-15-7-5-6-14(12-15)19-16(13-23-24-19)20(26)25-11-4-2-9-18(25)17-8-1-3-10-22-17/h1,3,5-8,10,12-13,18H,2,4,9,11H2,(H,23,24)/t18-/m1/s1. The van der Waals surface area contributed by atoms with E-state index < -0.39 is 0 Å². The predicted molar refractivity (Wildman–Crippen MR) is 95.8 cm³/mol. The molecule has 2 aromatic heterocycles. The average molecular weight is 350 g/mol. The molecule has 132 valence electrons. The Bertz CT molecular complexity index is 909. The van der Waals surface area contributed by atoms with Crippen molar-refractivity contribution in [2.45, 2.75) is 25.3 Å². The van der Waals surface area contributed by atoms with E-state index in [0.29, 0.717) is 23.4 Å². The maximum Gasteiger partial charge on any atom is 0.258 e. The summed E-state index contributed by atoms with van der Waals surface area (Å²) in [4.78, 5) is 19.6. The van der Waals surface area contributed by atoms with Gasteiger partial charge in [0.25, 0.3) is 5.91 Å². The number of benzene rings is 1. The molecule has 1 amide bonds. The highest BCUT2D eigenvalue weighted by molar-refractivity contribution is 6.00. The van der Waals surface area contributed by atoms with Gasteiger partial charge in [0.05, 0.1) is 29.2 Å². The lowest BCUT2D eigenvalue weighted by molar-refractivity contribution is 0.0607. The minimum absolute atomic E-state index is 0.0484. The summed E-state index contributed by atoms with van der Waals surface area (Å²) in [5, 5.41) is 6.88. The molecule has 0 aliphatic carbocycles. The number of likely N-dealkylation sites (tertiary alicyclic amines) is 1. The fourth-order valence-corrected chi connectivity index (χ4v) is 3.52. The second kappa shape index (κ2) is 7.07. The first-order valence-corrected chi connectivity index (χ1v) is 8.75. The molecule has 1 aliphatic heterocycles. The van der Waals surface area contributed by atoms with Crippen LogP contribution in [0.25, 0.3) is 11.3 Å². The molecule has 0 spiro atoms. The molecule has 1 N–H and O–H groups in total. The van der Waals surface area contributed by atoms with Crippen LogP contribution in [0.4, 0.5) is 4.39 Å². The second-order valence-electron chi connectivity index (χ2n) is 6.43. The fourth-order valence-electron chi connectivity index (χ4n) is 3.52. The monoisotopic (exact) mass is 350 g/mol. The number of halogens is 1. The Hall–Kier alpha value is -3.02. The van der Waals surface area contributed by atoms with Crippen molar-refractivity contribution in [3.05, 3.63) is 71.9 Å². The van der Waals surface area contributed by atoms with Crippen LogP contribution in [-0.4, -0.2) is 32.5 Å². The van der Waals surface area contributed by atoms with E-state index in [1.807, 2.05) is 23.1 Å². The van der Waals surface area contributed by atoms with Crippen molar-refractivity contribution in [2.24, 2.45) is 0 Å². The average Bonchev–Trinajstić information content (AvgIpc) is 3.18. The first-order valence-electron chi connectivity index (χ1n) is 8.75. The van der Waals surface area contributed by atoms with E-state index >= 15 is 0 Å². The number of aromatic amines is 1. The van der Waals surface area contributed by atoms with Crippen LogP contribution < -0.4 is 0 Å². The van der Waals surface area contributed by atoms with Gasteiger partial charge in [0, 0.05) is 18.3 Å². The molecule has 1 aliphatic rings. The Morgan fingerprint density at radius 3 is 2.92 bits per heavy atom. The number of nitrogens with zero attached hydrogens (tertiary/aromatic N) is 3. The Kier molecular flexibility index (Phi) is 4.48. The number of H-pyrrole nitrogens is 1. The normalized spacial score (nSPS) is 17.3. The quantitative estimate of drug-likeness (QED) is 0.777. The Morgan fingerprint density at radius 1 is 1.19 bits per heavy atom. The zero-order valence-corrected chi connectivity index (χ0v) is 14.2. The van der Waals surface area contributed by atoms with Crippen molar-refractivity contribution < 1.29 is 9.18 Å². The SMILES string of the molecule is O=C(c1cn[nH]c1-c1cccc(F)c1)N1CCCC[C@@H]1c1ccccn1. The van der Waals surface area contributed by atoms with Crippen LogP contribution in [-0.2, 0) is 0 Å². The van der Waals surface area contributed by atoms with Gasteiger partial charge in [0.2, 0.25) is 0 Å². The number of nitrogens with one attached hydrogen (secondary N) is 1. The van der Waals surface area contributed by atoms with E-state index in [4.69, 9.17) is 0 Å². The largest absolute Gasteiger partial charge is 0.330 e. The lowest BCUT2D eigenvalue weighted by Crippen LogP contribution is -2.39. The van der Waals surface area contributed by atoms with Gasteiger partial charge >= 0.3 is 0 Å². The maximum atomic E-state index is 13.6. The Morgan fingerprint density at radius 2 is 2.12 bits per heavy atom. The smallest absolute Gasteiger partial charge is 0.258 e. The third-order valence-electron chi connectivity index (χ3n) is 4.78. The zero-order chi connectivity index (χ0) is 17.9. The molecule has 1 atom stereocenters. The lowest BCUT2D eigenvalue weighted by atomic mass is 9.97. The summed E-state index contributed by atoms with van der Waals surface area (Å²) >= 11 is 0. The van der Waals surface area contributed by atoms with E-state index in [2.05, 4.69) is 15.2 Å². The van der Waals surface area contributed by atoms with Crippen LogP contribution in [0.2, 0.25) is 0 Å². The van der Waals surface area contributed by atoms with Gasteiger partial charge in [-0.3, -0.25) is 14.9 Å². The highest BCUT2D eigenvalue weighted by atomic mass is 19.1. The molecular weight excluding hydrogens is 331 g/mol. The molecule has 4 rings (SSSR count). The van der Waals surface area contributed by atoms with Gasteiger partial charge in [-0.05, 0) is 43.5 Å². The van der Waals surface area contributed by atoms with E-state index in [1.54, 1.807) is 18.3 Å². The lowest BCUT2D eigenvalue weighted by Gasteiger charge is -2.35. The molecule has 0 bridgehead atoms. The van der Waals surface area contributed by atoms with Gasteiger partial charge in [-0.25, -0.2) is 4.39 Å². The number of pyridine rings is 1. The topological polar surface area (TPSA) is 61.9 Å². The van der Waals surface area contributed by atoms with Crippen LogP contribution >= 0.6 is 0 Å². The van der Waals surface area contributed by atoms with E-state index in [-0.39, 0.29) is 17.8 Å². The summed E-state index contributed by atoms with van der Waals surface area (Å²) in [5.41, 5.74) is 2.51. The van der Waals surface area contributed by atoms with Gasteiger partial charge in [0.1, 0.15) is 5.82 Å². The van der Waals surface area contributed by atoms with Crippen molar-refractivity contribution in [1.82, 2.24) is 20.1 Å². The number of rotatable bonds is 3. The molecule has 3 aromatic rings. The van der Waals surface area contributed by atoms with Gasteiger partial charge in [0.15, 0.2) is 0 Å². The summed E-state index contributed by atoms with van der Waals surface area (Å²) < 4.78 is 13.6. The number of aromatic nitrogens is 3. The van der Waals surface area contributed by atoms with Crippen LogP contribution in [0.15, 0.2) is 54.9 Å². The number of hydrogen-bond acceptors (Lipinski definition) is 3. The molecule has 0 radical (unpaired) electrons. The number of piperidine rings is 1. The molecule has 5 nitrogen and oxygen atoms in total. The number of carbonyl (C=O) groups is 1. The predicted octanol–water partition coefficient (Wildman–Crippen LogP) is 3.98. The molecule has 1 aromatic carbocycles. The van der Waals surface area contributed by atoms with Gasteiger partial charge < -0.3 is 4.90 Å². The zero-order valence-electron chi connectivity index (χ0n) is 14.2. The first-order chi connectivity index (χ1) is 12.7. The van der Waals surface area contributed by atoms with Crippen molar-refractivity contribution in [3.8, 4) is 11.3 Å². The second-order valence-corrected chi connectivity index (χ2v) is 6.43. The Balaban J connectivity index is 1.68. The minimum Gasteiger partial charge on any atom is -0.330 e. The summed E-state index contributed by atoms with van der Waals surface area (Å²) in [6.45, 7) is 0.674. The van der Waals surface area contributed by atoms with Crippen LogP contribution in [0.5, 0.6) is 0 Å². The van der Waals surface area contributed by atoms with Crippen LogP contribution in [0.3, 0.4) is 0 Å². The first kappa shape index (κ1) is 16.4. The van der Waals surface area contributed by atoms with Gasteiger partial charge in [-0.1, -0.05) is 18.2 Å². The highest BCUT2D eigenvalue weighted by Crippen LogP contribution is 2.32. The highest BCUT2D eigenvalue weighted by Gasteiger charge is 2.31. The number of amides is 1. The van der Waals surface area contributed by atoms with Crippen molar-refractivity contribution >= 4 is 5.91 Å². The maximum absolute atomic E-state index is 13.6. The number of carbonyl (C=O) groups excluding carboxylic acids is 1. The van der Waals surface area contributed by atoms with E-state index in [0.717, 1.165) is 25.0 Å². The van der Waals surface area contributed by atoms with Gasteiger partial charge in [-0.2, -0.15) is 5.10 Å². The molecular formula is C20H19FN4O. The Labute approximate surface area is 150 Å². The van der Waals surface area contributed by atoms with Crippen molar-refractivity contribution in [3.63, 3.8) is 0 Å². The molecule has 0 saturated carbocycles. The number of hydrogen-bond donors (Lipinski definition) is 1. The van der Waals surface area contributed by atoms with Gasteiger partial charge in [-0.15, -0.1) is 0 Å². The van der Waals surface area contributed by atoms with Crippen molar-refractivity contribution in [2.75, 3.05) is 6.54 Å². The molecule has 0 unspecified atom stereocenters. The molecule has 6 heteroatoms. The van der Waals surface area contributed by atoms with E-state index in [1.165, 1.54) is 18.3 Å². The third-order valence-corrected chi connectivity index (χ3v) is 4.78. The summed E-state index contributed by atoms with van der Waals surface area (Å²) in [7, 11) is 0. The van der Waals surface area contributed by atoms with Crippen LogP contribution in [0.1, 0.15) is 41.4 Å². The molecule has 26 heavy (non-hydrogen) atoms. The third kappa shape index (κ3) is 3.10. The summed E-state index contributed by atoms with van der Waals surface area (Å²) in [6, 6.07) is 11.9.